The molecule has 0 fully saturated rings. The molecule has 10 heteroatoms. The lowest BCUT2D eigenvalue weighted by Gasteiger charge is -2.22. The van der Waals surface area contributed by atoms with Crippen LogP contribution in [-0.2, 0) is 5.92 Å². The van der Waals surface area contributed by atoms with Gasteiger partial charge < -0.3 is 20.1 Å². The van der Waals surface area contributed by atoms with Gasteiger partial charge in [-0.15, -0.1) is 0 Å². The summed E-state index contributed by atoms with van der Waals surface area (Å²) in [7, 11) is 1.34. The molecule has 2 aromatic rings. The van der Waals surface area contributed by atoms with Crippen molar-refractivity contribution in [3.05, 3.63) is 89.4 Å². The molecular weight excluding hydrogens is 447 g/mol. The standard InChI is InChI=1S/C23H19F5N2O3/c1-13-4-7-18(20(10-13)32-3)33-19-12-15(22(24,25)23(26,27)28)5-6-17(19)21(31)30-16-8-9-29-14(2)11-16/h4-12,29H,2H2,1,3H3,(H,30,31). The highest BCUT2D eigenvalue weighted by Gasteiger charge is 2.58. The van der Waals surface area contributed by atoms with Crippen LogP contribution in [0.25, 0.3) is 0 Å². The number of carbonyl (C=O) groups excluding carboxylic acids is 1. The summed E-state index contributed by atoms with van der Waals surface area (Å²) in [4.78, 5) is 12.8. The van der Waals surface area contributed by atoms with Crippen LogP contribution >= 0.6 is 0 Å². The highest BCUT2D eigenvalue weighted by atomic mass is 19.4. The summed E-state index contributed by atoms with van der Waals surface area (Å²) in [5, 5.41) is 5.32. The molecule has 5 nitrogen and oxygen atoms in total. The zero-order valence-electron chi connectivity index (χ0n) is 17.5. The average molecular weight is 466 g/mol. The van der Waals surface area contributed by atoms with E-state index < -0.39 is 29.3 Å². The maximum Gasteiger partial charge on any atom is 0.458 e. The molecule has 1 amide bonds. The van der Waals surface area contributed by atoms with Crippen molar-refractivity contribution < 1.29 is 36.2 Å². The van der Waals surface area contributed by atoms with Crippen LogP contribution < -0.4 is 20.1 Å². The molecule has 0 aromatic heterocycles. The van der Waals surface area contributed by atoms with Crippen LogP contribution in [0.1, 0.15) is 21.5 Å². The van der Waals surface area contributed by atoms with Crippen LogP contribution in [0.5, 0.6) is 17.2 Å². The van der Waals surface area contributed by atoms with Crippen molar-refractivity contribution in [2.75, 3.05) is 7.11 Å². The summed E-state index contributed by atoms with van der Waals surface area (Å²) >= 11 is 0. The molecule has 2 aromatic carbocycles. The van der Waals surface area contributed by atoms with E-state index >= 15 is 0 Å². The van der Waals surface area contributed by atoms with Crippen molar-refractivity contribution in [3.8, 4) is 17.2 Å². The minimum Gasteiger partial charge on any atom is -0.493 e. The third-order valence-corrected chi connectivity index (χ3v) is 4.60. The van der Waals surface area contributed by atoms with Gasteiger partial charge in [-0.1, -0.05) is 18.7 Å². The van der Waals surface area contributed by atoms with Gasteiger partial charge in [-0.25, -0.2) is 0 Å². The molecular formula is C23H19F5N2O3. The number of methoxy groups -OCH3 is 1. The first-order valence-electron chi connectivity index (χ1n) is 9.49. The molecule has 0 saturated heterocycles. The topological polar surface area (TPSA) is 59.6 Å². The number of benzene rings is 2. The van der Waals surface area contributed by atoms with Gasteiger partial charge in [-0.2, -0.15) is 22.0 Å². The lowest BCUT2D eigenvalue weighted by molar-refractivity contribution is -0.289. The summed E-state index contributed by atoms with van der Waals surface area (Å²) in [5.74, 6) is -6.22. The fraction of sp³-hybridized carbons (Fsp3) is 0.174. The molecule has 1 aliphatic rings. The molecule has 1 heterocycles. The number of amides is 1. The van der Waals surface area contributed by atoms with Crippen LogP contribution in [0.3, 0.4) is 0 Å². The second-order valence-corrected chi connectivity index (χ2v) is 7.10. The van der Waals surface area contributed by atoms with Gasteiger partial charge in [-0.05, 0) is 48.9 Å². The van der Waals surface area contributed by atoms with Crippen LogP contribution in [0, 0.1) is 6.92 Å². The Morgan fingerprint density at radius 2 is 1.76 bits per heavy atom. The van der Waals surface area contributed by atoms with Crippen molar-refractivity contribution in [1.82, 2.24) is 10.6 Å². The van der Waals surface area contributed by atoms with E-state index in [1.807, 2.05) is 0 Å². The predicted molar refractivity (Wildman–Crippen MR) is 111 cm³/mol. The number of carbonyl (C=O) groups is 1. The molecule has 33 heavy (non-hydrogen) atoms. The minimum absolute atomic E-state index is 0.0268. The molecule has 0 aliphatic carbocycles. The number of nitrogens with one attached hydrogen (secondary N) is 2. The number of halogens is 5. The van der Waals surface area contributed by atoms with E-state index in [9.17, 15) is 26.7 Å². The van der Waals surface area contributed by atoms with Gasteiger partial charge in [-0.3, -0.25) is 4.79 Å². The molecule has 0 unspecified atom stereocenters. The lowest BCUT2D eigenvalue weighted by atomic mass is 10.0. The first kappa shape index (κ1) is 23.8. The Morgan fingerprint density at radius 1 is 1.03 bits per heavy atom. The second kappa shape index (κ2) is 8.97. The van der Waals surface area contributed by atoms with Crippen molar-refractivity contribution in [2.45, 2.75) is 19.0 Å². The van der Waals surface area contributed by atoms with Gasteiger partial charge in [0, 0.05) is 23.2 Å². The van der Waals surface area contributed by atoms with E-state index in [1.54, 1.807) is 19.1 Å². The van der Waals surface area contributed by atoms with Gasteiger partial charge in [0.05, 0.1) is 12.7 Å². The molecule has 1 aliphatic heterocycles. The largest absolute Gasteiger partial charge is 0.493 e. The maximum absolute atomic E-state index is 14.0. The first-order valence-corrected chi connectivity index (χ1v) is 9.49. The monoisotopic (exact) mass is 466 g/mol. The van der Waals surface area contributed by atoms with Crippen LogP contribution in [0.2, 0.25) is 0 Å². The van der Waals surface area contributed by atoms with Crippen LogP contribution in [0.15, 0.2) is 72.7 Å². The normalized spacial score (nSPS) is 13.8. The van der Waals surface area contributed by atoms with E-state index in [4.69, 9.17) is 9.47 Å². The molecule has 0 atom stereocenters. The summed E-state index contributed by atoms with van der Waals surface area (Å²) in [6, 6.07) is 6.54. The van der Waals surface area contributed by atoms with Crippen LogP contribution in [0.4, 0.5) is 22.0 Å². The van der Waals surface area contributed by atoms with E-state index in [-0.39, 0.29) is 17.1 Å². The third kappa shape index (κ3) is 5.16. The Balaban J connectivity index is 2.06. The van der Waals surface area contributed by atoms with E-state index in [0.29, 0.717) is 23.5 Å². The van der Waals surface area contributed by atoms with Gasteiger partial charge in [0.1, 0.15) is 5.75 Å². The molecule has 174 valence electrons. The number of ether oxygens (including phenoxy) is 2. The summed E-state index contributed by atoms with van der Waals surface area (Å²) in [6.07, 6.45) is -1.30. The van der Waals surface area contributed by atoms with Gasteiger partial charge in [0.25, 0.3) is 5.91 Å². The molecule has 0 bridgehead atoms. The predicted octanol–water partition coefficient (Wildman–Crippen LogP) is 5.69. The average Bonchev–Trinajstić information content (AvgIpc) is 2.74. The fourth-order valence-corrected chi connectivity index (χ4v) is 2.92. The Kier molecular flexibility index (Phi) is 6.48. The van der Waals surface area contributed by atoms with Gasteiger partial charge in [0.15, 0.2) is 11.5 Å². The third-order valence-electron chi connectivity index (χ3n) is 4.60. The quantitative estimate of drug-likeness (QED) is 0.537. The van der Waals surface area contributed by atoms with Crippen molar-refractivity contribution in [1.29, 1.82) is 0 Å². The van der Waals surface area contributed by atoms with E-state index in [1.165, 1.54) is 31.5 Å². The SMILES string of the molecule is C=C1C=C(NC(=O)c2ccc(C(F)(F)C(F)(F)F)cc2Oc2ccc(C)cc2OC)C=CN1. The Labute approximate surface area is 186 Å². The smallest absolute Gasteiger partial charge is 0.458 e. The molecule has 0 radical (unpaired) electrons. The van der Waals surface area contributed by atoms with Crippen molar-refractivity contribution in [2.24, 2.45) is 0 Å². The number of dihydropyridines is 1. The Hall–Kier alpha value is -3.82. The van der Waals surface area contributed by atoms with Crippen molar-refractivity contribution in [3.63, 3.8) is 0 Å². The minimum atomic E-state index is -5.83. The Morgan fingerprint density at radius 3 is 2.39 bits per heavy atom. The molecule has 3 rings (SSSR count). The molecule has 0 saturated carbocycles. The second-order valence-electron chi connectivity index (χ2n) is 7.10. The molecule has 0 spiro atoms. The Bertz CT molecular complexity index is 1150. The van der Waals surface area contributed by atoms with Gasteiger partial charge >= 0.3 is 12.1 Å². The van der Waals surface area contributed by atoms with Gasteiger partial charge in [0.2, 0.25) is 0 Å². The summed E-state index contributed by atoms with van der Waals surface area (Å²) in [5.41, 5.74) is -0.0414. The lowest BCUT2D eigenvalue weighted by Crippen LogP contribution is -2.33. The van der Waals surface area contributed by atoms with Crippen LogP contribution in [-0.4, -0.2) is 19.2 Å². The summed E-state index contributed by atoms with van der Waals surface area (Å²) in [6.45, 7) is 5.45. The number of allylic oxidation sites excluding steroid dienone is 2. The first-order chi connectivity index (χ1) is 15.4. The number of hydrogen-bond donors (Lipinski definition) is 2. The highest BCUT2D eigenvalue weighted by molar-refractivity contribution is 5.98. The zero-order valence-corrected chi connectivity index (χ0v) is 17.5. The maximum atomic E-state index is 14.0. The van der Waals surface area contributed by atoms with E-state index in [2.05, 4.69) is 17.2 Å². The summed E-state index contributed by atoms with van der Waals surface area (Å²) < 4.78 is 77.6. The fourth-order valence-electron chi connectivity index (χ4n) is 2.92. The number of aryl methyl sites for hydroxylation is 1. The van der Waals surface area contributed by atoms with E-state index in [0.717, 1.165) is 11.6 Å². The molecule has 2 N–H and O–H groups in total. The number of alkyl halides is 5. The zero-order chi connectivity index (χ0) is 24.4. The van der Waals surface area contributed by atoms with Crippen molar-refractivity contribution >= 4 is 5.91 Å². The number of hydrogen-bond acceptors (Lipinski definition) is 4. The number of rotatable bonds is 6. The highest BCUT2D eigenvalue weighted by Crippen LogP contribution is 2.45.